The molecule has 1 aromatic carbocycles. The van der Waals surface area contributed by atoms with Crippen molar-refractivity contribution in [3.63, 3.8) is 0 Å². The highest BCUT2D eigenvalue weighted by molar-refractivity contribution is 6.06. The number of aryl methyl sites for hydroxylation is 1. The number of anilines is 1. The summed E-state index contributed by atoms with van der Waals surface area (Å²) in [5, 5.41) is 12.8. The second kappa shape index (κ2) is 5.11. The molecule has 0 aromatic heterocycles. The summed E-state index contributed by atoms with van der Waals surface area (Å²) in [6, 6.07) is 7.21. The van der Waals surface area contributed by atoms with E-state index in [9.17, 15) is 14.7 Å². The van der Waals surface area contributed by atoms with Gasteiger partial charge in [-0.15, -0.1) is 0 Å². The fourth-order valence-corrected chi connectivity index (χ4v) is 1.11. The summed E-state index contributed by atoms with van der Waals surface area (Å²) in [5.41, 5.74) is 1.81. The molecule has 0 fully saturated rings. The molecular formula is C12H12NO3-. The van der Waals surface area contributed by atoms with Crippen LogP contribution in [0.15, 0.2) is 35.9 Å². The van der Waals surface area contributed by atoms with Crippen molar-refractivity contribution < 1.29 is 14.7 Å². The zero-order valence-electron chi connectivity index (χ0n) is 9.11. The smallest absolute Gasteiger partial charge is 0.251 e. The van der Waals surface area contributed by atoms with Crippen LogP contribution in [-0.2, 0) is 9.59 Å². The maximum atomic E-state index is 11.5. The van der Waals surface area contributed by atoms with Crippen molar-refractivity contribution in [2.24, 2.45) is 0 Å². The van der Waals surface area contributed by atoms with Crippen molar-refractivity contribution in [2.75, 3.05) is 5.32 Å². The van der Waals surface area contributed by atoms with Crippen molar-refractivity contribution in [1.82, 2.24) is 0 Å². The summed E-state index contributed by atoms with van der Waals surface area (Å²) in [6.45, 7) is 3.35. The Labute approximate surface area is 93.6 Å². The number of aliphatic carboxylic acids is 1. The standard InChI is InChI=1S/C12H13NO3/c1-8-3-5-10(6-4-8)13-12(16)9(2)7-11(14)15/h3-7H,1-2H3,(H,13,16)(H,14,15)/p-1. The zero-order valence-corrected chi connectivity index (χ0v) is 9.11. The fourth-order valence-electron chi connectivity index (χ4n) is 1.11. The molecule has 84 valence electrons. The van der Waals surface area contributed by atoms with Gasteiger partial charge in [-0.1, -0.05) is 17.7 Å². The number of hydrogen-bond donors (Lipinski definition) is 1. The average molecular weight is 218 g/mol. The van der Waals surface area contributed by atoms with E-state index in [1.807, 2.05) is 19.1 Å². The van der Waals surface area contributed by atoms with Crippen molar-refractivity contribution in [3.05, 3.63) is 41.5 Å². The molecule has 0 bridgehead atoms. The largest absolute Gasteiger partial charge is 0.545 e. The van der Waals surface area contributed by atoms with Crippen LogP contribution in [0.2, 0.25) is 0 Å². The minimum atomic E-state index is -1.38. The molecule has 4 nitrogen and oxygen atoms in total. The highest BCUT2D eigenvalue weighted by atomic mass is 16.4. The summed E-state index contributed by atoms with van der Waals surface area (Å²) < 4.78 is 0. The van der Waals surface area contributed by atoms with Crippen molar-refractivity contribution >= 4 is 17.6 Å². The van der Waals surface area contributed by atoms with Crippen LogP contribution < -0.4 is 10.4 Å². The Morgan fingerprint density at radius 1 is 1.25 bits per heavy atom. The molecule has 0 saturated heterocycles. The zero-order chi connectivity index (χ0) is 12.1. The molecule has 0 aliphatic heterocycles. The molecule has 0 saturated carbocycles. The Morgan fingerprint density at radius 3 is 2.31 bits per heavy atom. The molecule has 1 rings (SSSR count). The van der Waals surface area contributed by atoms with Crippen molar-refractivity contribution in [1.29, 1.82) is 0 Å². The lowest BCUT2D eigenvalue weighted by Crippen LogP contribution is -2.22. The number of carboxylic acid groups (broad SMARTS) is 1. The van der Waals surface area contributed by atoms with Gasteiger partial charge in [-0.05, 0) is 32.1 Å². The third-order valence-corrected chi connectivity index (χ3v) is 2.00. The highest BCUT2D eigenvalue weighted by Gasteiger charge is 2.03. The van der Waals surface area contributed by atoms with Gasteiger partial charge in [-0.25, -0.2) is 0 Å². The molecule has 0 aliphatic rings. The normalized spacial score (nSPS) is 11.0. The lowest BCUT2D eigenvalue weighted by Gasteiger charge is -2.05. The molecule has 0 unspecified atom stereocenters. The molecule has 0 aliphatic carbocycles. The average Bonchev–Trinajstić information content (AvgIpc) is 2.20. The third-order valence-electron chi connectivity index (χ3n) is 2.00. The van der Waals surface area contributed by atoms with Crippen LogP contribution in [0.4, 0.5) is 5.69 Å². The number of carboxylic acids is 1. The first-order valence-electron chi connectivity index (χ1n) is 4.76. The van der Waals surface area contributed by atoms with Crippen LogP contribution in [0.1, 0.15) is 12.5 Å². The number of rotatable bonds is 3. The van der Waals surface area contributed by atoms with E-state index in [1.165, 1.54) is 6.92 Å². The van der Waals surface area contributed by atoms with Crippen LogP contribution >= 0.6 is 0 Å². The molecule has 0 atom stereocenters. The monoisotopic (exact) mass is 218 g/mol. The number of carbonyl (C=O) groups excluding carboxylic acids is 2. The van der Waals surface area contributed by atoms with Gasteiger partial charge in [0, 0.05) is 11.3 Å². The summed E-state index contributed by atoms with van der Waals surface area (Å²) in [4.78, 5) is 21.7. The van der Waals surface area contributed by atoms with Crippen molar-refractivity contribution in [2.45, 2.75) is 13.8 Å². The van der Waals surface area contributed by atoms with Crippen LogP contribution in [0, 0.1) is 6.92 Å². The van der Waals surface area contributed by atoms with E-state index in [-0.39, 0.29) is 5.57 Å². The molecule has 0 radical (unpaired) electrons. The second-order valence-corrected chi connectivity index (χ2v) is 3.47. The van der Waals surface area contributed by atoms with Crippen LogP contribution in [0.25, 0.3) is 0 Å². The van der Waals surface area contributed by atoms with E-state index < -0.39 is 11.9 Å². The minimum absolute atomic E-state index is 0.0978. The number of amides is 1. The lowest BCUT2D eigenvalue weighted by atomic mass is 10.2. The van der Waals surface area contributed by atoms with E-state index >= 15 is 0 Å². The summed E-state index contributed by atoms with van der Waals surface area (Å²) >= 11 is 0. The number of carbonyl (C=O) groups is 2. The maximum absolute atomic E-state index is 11.5. The van der Waals surface area contributed by atoms with Gasteiger partial charge in [-0.2, -0.15) is 0 Å². The Morgan fingerprint density at radius 2 is 1.81 bits per heavy atom. The Balaban J connectivity index is 2.71. The summed E-state index contributed by atoms with van der Waals surface area (Å²) in [6.07, 6.45) is 0.767. The molecular weight excluding hydrogens is 206 g/mol. The van der Waals surface area contributed by atoms with Gasteiger partial charge in [0.05, 0.1) is 5.97 Å². The molecule has 16 heavy (non-hydrogen) atoms. The van der Waals surface area contributed by atoms with E-state index in [2.05, 4.69) is 5.32 Å². The first kappa shape index (κ1) is 12.0. The molecule has 1 N–H and O–H groups in total. The number of hydrogen-bond acceptors (Lipinski definition) is 3. The van der Waals surface area contributed by atoms with Gasteiger partial charge in [-0.3, -0.25) is 4.79 Å². The van der Waals surface area contributed by atoms with Gasteiger partial charge < -0.3 is 15.2 Å². The molecule has 1 amide bonds. The summed E-state index contributed by atoms with van der Waals surface area (Å²) in [5.74, 6) is -1.83. The Bertz CT molecular complexity index is 432. The summed E-state index contributed by atoms with van der Waals surface area (Å²) in [7, 11) is 0. The minimum Gasteiger partial charge on any atom is -0.545 e. The van der Waals surface area contributed by atoms with Gasteiger partial charge in [0.25, 0.3) is 5.91 Å². The quantitative estimate of drug-likeness (QED) is 0.756. The molecule has 0 heterocycles. The Kier molecular flexibility index (Phi) is 3.83. The number of nitrogens with one attached hydrogen (secondary N) is 1. The van der Waals surface area contributed by atoms with Crippen LogP contribution in [0.5, 0.6) is 0 Å². The number of benzene rings is 1. The fraction of sp³-hybridized carbons (Fsp3) is 0.167. The topological polar surface area (TPSA) is 69.2 Å². The van der Waals surface area contributed by atoms with E-state index in [4.69, 9.17) is 0 Å². The van der Waals surface area contributed by atoms with Crippen LogP contribution in [-0.4, -0.2) is 11.9 Å². The van der Waals surface area contributed by atoms with Crippen molar-refractivity contribution in [3.8, 4) is 0 Å². The predicted octanol–water partition coefficient (Wildman–Crippen LogP) is 0.630. The van der Waals surface area contributed by atoms with Gasteiger partial charge >= 0.3 is 0 Å². The molecule has 1 aromatic rings. The third kappa shape index (κ3) is 3.57. The first-order chi connectivity index (χ1) is 7.49. The molecule has 0 spiro atoms. The highest BCUT2D eigenvalue weighted by Crippen LogP contribution is 2.09. The Hall–Kier alpha value is -2.10. The second-order valence-electron chi connectivity index (χ2n) is 3.47. The lowest BCUT2D eigenvalue weighted by molar-refractivity contribution is -0.297. The maximum Gasteiger partial charge on any atom is 0.251 e. The van der Waals surface area contributed by atoms with E-state index in [0.717, 1.165) is 11.6 Å². The van der Waals surface area contributed by atoms with E-state index in [1.54, 1.807) is 12.1 Å². The molecule has 4 heteroatoms. The SMILES string of the molecule is CC(=CC(=O)[O-])C(=O)Nc1ccc(C)cc1. The predicted molar refractivity (Wildman–Crippen MR) is 58.6 cm³/mol. The van der Waals surface area contributed by atoms with Gasteiger partial charge in [0.15, 0.2) is 0 Å². The van der Waals surface area contributed by atoms with Gasteiger partial charge in [0.2, 0.25) is 0 Å². The van der Waals surface area contributed by atoms with Gasteiger partial charge in [0.1, 0.15) is 0 Å². The van der Waals surface area contributed by atoms with E-state index in [0.29, 0.717) is 5.69 Å². The first-order valence-corrected chi connectivity index (χ1v) is 4.76. The van der Waals surface area contributed by atoms with Crippen LogP contribution in [0.3, 0.4) is 0 Å².